The summed E-state index contributed by atoms with van der Waals surface area (Å²) in [6.07, 6.45) is 10.2. The van der Waals surface area contributed by atoms with E-state index in [1.165, 1.54) is 61.6 Å². The van der Waals surface area contributed by atoms with Gasteiger partial charge in [-0.3, -0.25) is 0 Å². The van der Waals surface area contributed by atoms with Gasteiger partial charge >= 0.3 is 5.97 Å². The van der Waals surface area contributed by atoms with E-state index >= 15 is 0 Å². The summed E-state index contributed by atoms with van der Waals surface area (Å²) in [6, 6.07) is 12.9. The normalized spacial score (nSPS) is 14.0. The summed E-state index contributed by atoms with van der Waals surface area (Å²) in [4.78, 5) is 10.0. The molecule has 1 aliphatic rings. The Morgan fingerprint density at radius 3 is 2.38 bits per heavy atom. The Hall–Kier alpha value is -2.49. The van der Waals surface area contributed by atoms with Gasteiger partial charge in [0.1, 0.15) is 11.5 Å². The predicted molar refractivity (Wildman–Crippen MR) is 117 cm³/mol. The third-order valence-electron chi connectivity index (χ3n) is 5.55. The predicted octanol–water partition coefficient (Wildman–Crippen LogP) is 6.24. The second-order valence-electron chi connectivity index (χ2n) is 7.71. The van der Waals surface area contributed by atoms with Crippen molar-refractivity contribution < 1.29 is 19.7 Å². The maximum absolute atomic E-state index is 10.0. The molecule has 0 heterocycles. The maximum Gasteiger partial charge on any atom is 0.341 e. The Balaban J connectivity index is 0.000000234. The number of phenols is 1. The molecule has 2 aromatic carbocycles. The molecular formula is C25H34O4. The van der Waals surface area contributed by atoms with E-state index in [-0.39, 0.29) is 6.61 Å². The quantitative estimate of drug-likeness (QED) is 0.579. The molecule has 0 unspecified atom stereocenters. The average Bonchev–Trinajstić information content (AvgIpc) is 2.74. The van der Waals surface area contributed by atoms with Crippen molar-refractivity contribution in [3.63, 3.8) is 0 Å². The third-order valence-corrected chi connectivity index (χ3v) is 5.55. The van der Waals surface area contributed by atoms with Crippen LogP contribution in [-0.2, 0) is 11.2 Å². The number of aliphatic carboxylic acids is 1. The van der Waals surface area contributed by atoms with E-state index in [1.54, 1.807) is 24.3 Å². The van der Waals surface area contributed by atoms with E-state index in [2.05, 4.69) is 19.9 Å². The van der Waals surface area contributed by atoms with Gasteiger partial charge in [-0.2, -0.15) is 0 Å². The lowest BCUT2D eigenvalue weighted by atomic mass is 9.81. The van der Waals surface area contributed by atoms with Crippen LogP contribution in [0.3, 0.4) is 0 Å². The highest BCUT2D eigenvalue weighted by Gasteiger charge is 2.19. The van der Waals surface area contributed by atoms with Crippen LogP contribution in [0.2, 0.25) is 0 Å². The molecule has 2 N–H and O–H groups in total. The summed E-state index contributed by atoms with van der Waals surface area (Å²) in [6.45, 7) is 4.12. The minimum atomic E-state index is -0.964. The van der Waals surface area contributed by atoms with Crippen LogP contribution in [0.5, 0.6) is 11.5 Å². The molecule has 2 aromatic rings. The van der Waals surface area contributed by atoms with Crippen molar-refractivity contribution in [1.82, 2.24) is 0 Å². The lowest BCUT2D eigenvalue weighted by Gasteiger charge is -2.25. The molecule has 0 atom stereocenters. The van der Waals surface area contributed by atoms with E-state index < -0.39 is 5.97 Å². The Morgan fingerprint density at radius 1 is 1.07 bits per heavy atom. The molecule has 3 rings (SSSR count). The van der Waals surface area contributed by atoms with E-state index in [4.69, 9.17) is 9.84 Å². The van der Waals surface area contributed by atoms with Gasteiger partial charge < -0.3 is 14.9 Å². The number of aromatic hydroxyl groups is 1. The highest BCUT2D eigenvalue weighted by Crippen LogP contribution is 2.37. The molecule has 0 amide bonds. The lowest BCUT2D eigenvalue weighted by Crippen LogP contribution is -2.09. The first-order valence-electron chi connectivity index (χ1n) is 10.7. The monoisotopic (exact) mass is 398 g/mol. The number of hydrogen-bond donors (Lipinski definition) is 2. The third kappa shape index (κ3) is 7.45. The van der Waals surface area contributed by atoms with Gasteiger partial charge in [-0.1, -0.05) is 56.9 Å². The summed E-state index contributed by atoms with van der Waals surface area (Å²) in [5, 5.41) is 18.3. The Morgan fingerprint density at radius 2 is 1.76 bits per heavy atom. The summed E-state index contributed by atoms with van der Waals surface area (Å²) >= 11 is 0. The van der Waals surface area contributed by atoms with Gasteiger partial charge in [0.25, 0.3) is 0 Å². The van der Waals surface area contributed by atoms with Crippen molar-refractivity contribution in [3.05, 3.63) is 59.2 Å². The van der Waals surface area contributed by atoms with Crippen LogP contribution in [0.15, 0.2) is 42.5 Å². The number of carboxylic acid groups (broad SMARTS) is 1. The molecule has 4 heteroatoms. The molecule has 0 bridgehead atoms. The van der Waals surface area contributed by atoms with Crippen molar-refractivity contribution >= 4 is 5.97 Å². The molecule has 4 nitrogen and oxygen atoms in total. The molecule has 0 spiro atoms. The number of ether oxygens (including phenoxy) is 1. The lowest BCUT2D eigenvalue weighted by molar-refractivity contribution is -0.139. The van der Waals surface area contributed by atoms with Crippen LogP contribution in [0.25, 0.3) is 0 Å². The number of benzene rings is 2. The van der Waals surface area contributed by atoms with Crippen molar-refractivity contribution in [2.75, 3.05) is 6.61 Å². The molecule has 158 valence electrons. The second-order valence-corrected chi connectivity index (χ2v) is 7.71. The minimum absolute atomic E-state index is 0.288. The molecular weight excluding hydrogens is 364 g/mol. The first kappa shape index (κ1) is 22.8. The average molecular weight is 399 g/mol. The van der Waals surface area contributed by atoms with E-state index in [0.29, 0.717) is 11.5 Å². The second kappa shape index (κ2) is 12.2. The van der Waals surface area contributed by atoms with Crippen LogP contribution in [-0.4, -0.2) is 22.8 Å². The number of hydrogen-bond acceptors (Lipinski definition) is 3. The fourth-order valence-corrected chi connectivity index (χ4v) is 3.95. The minimum Gasteiger partial charge on any atom is -0.508 e. The fraction of sp³-hybridized carbons (Fsp3) is 0.480. The van der Waals surface area contributed by atoms with E-state index in [0.717, 1.165) is 12.3 Å². The van der Waals surface area contributed by atoms with Crippen LogP contribution >= 0.6 is 0 Å². The molecule has 0 saturated heterocycles. The zero-order chi connectivity index (χ0) is 21.1. The topological polar surface area (TPSA) is 66.8 Å². The Labute approximate surface area is 174 Å². The van der Waals surface area contributed by atoms with Crippen molar-refractivity contribution in [3.8, 4) is 11.5 Å². The highest BCUT2D eigenvalue weighted by molar-refractivity contribution is 5.68. The Bertz CT molecular complexity index is 749. The summed E-state index contributed by atoms with van der Waals surface area (Å²) in [7, 11) is 0. The molecule has 29 heavy (non-hydrogen) atoms. The first-order valence-corrected chi connectivity index (χ1v) is 10.7. The molecule has 1 saturated carbocycles. The van der Waals surface area contributed by atoms with Crippen LogP contribution in [0, 0.1) is 6.92 Å². The molecule has 1 fully saturated rings. The highest BCUT2D eigenvalue weighted by atomic mass is 16.5. The number of rotatable bonds is 7. The van der Waals surface area contributed by atoms with Crippen molar-refractivity contribution in [2.45, 2.75) is 71.1 Å². The van der Waals surface area contributed by atoms with Gasteiger partial charge in [0.15, 0.2) is 6.61 Å². The largest absolute Gasteiger partial charge is 0.508 e. The zero-order valence-corrected chi connectivity index (χ0v) is 17.7. The fourth-order valence-electron chi connectivity index (χ4n) is 3.95. The Kier molecular flexibility index (Phi) is 9.55. The smallest absolute Gasteiger partial charge is 0.341 e. The van der Waals surface area contributed by atoms with Crippen LogP contribution in [0.1, 0.15) is 74.5 Å². The van der Waals surface area contributed by atoms with Gasteiger partial charge in [-0.05, 0) is 73.4 Å². The number of carbonyl (C=O) groups is 1. The number of carboxylic acids is 1. The van der Waals surface area contributed by atoms with E-state index in [9.17, 15) is 9.90 Å². The van der Waals surface area contributed by atoms with Crippen LogP contribution in [0.4, 0.5) is 0 Å². The van der Waals surface area contributed by atoms with Crippen molar-refractivity contribution in [2.24, 2.45) is 0 Å². The van der Waals surface area contributed by atoms with Gasteiger partial charge in [-0.15, -0.1) is 0 Å². The number of para-hydroxylation sites is 1. The van der Waals surface area contributed by atoms with Gasteiger partial charge in [0.2, 0.25) is 0 Å². The molecule has 1 aliphatic carbocycles. The summed E-state index contributed by atoms with van der Waals surface area (Å²) < 4.78 is 4.87. The van der Waals surface area contributed by atoms with E-state index in [1.807, 2.05) is 12.1 Å². The summed E-state index contributed by atoms with van der Waals surface area (Å²) in [5.41, 5.74) is 4.05. The van der Waals surface area contributed by atoms with Crippen molar-refractivity contribution in [1.29, 1.82) is 0 Å². The number of unbranched alkanes of at least 4 members (excludes halogenated alkanes) is 1. The maximum atomic E-state index is 10.0. The summed E-state index contributed by atoms with van der Waals surface area (Å²) in [5.74, 6) is 0.851. The van der Waals surface area contributed by atoms with Gasteiger partial charge in [0.05, 0.1) is 0 Å². The SMILES string of the molecule is CCCCc1c(O)ccc(C2CCCCC2)c1C.O=C(O)COc1ccccc1. The standard InChI is InChI=1S/C17H26O.C8H8O3/c1-3-4-10-16-13(2)15(11-12-17(16)18)14-8-6-5-7-9-14;9-8(10)6-11-7-4-2-1-3-5-7/h11-12,14,18H,3-10H2,1-2H3;1-5H,6H2,(H,9,10). The number of phenolic OH excluding ortho intramolecular Hbond substituents is 1. The van der Waals surface area contributed by atoms with Crippen LogP contribution < -0.4 is 4.74 Å². The molecule has 0 aromatic heterocycles. The van der Waals surface area contributed by atoms with Gasteiger partial charge in [-0.25, -0.2) is 4.79 Å². The molecule has 0 aliphatic heterocycles. The zero-order valence-electron chi connectivity index (χ0n) is 17.7. The molecule has 0 radical (unpaired) electrons. The first-order chi connectivity index (χ1) is 14.0. The van der Waals surface area contributed by atoms with Gasteiger partial charge in [0, 0.05) is 0 Å².